The summed E-state index contributed by atoms with van der Waals surface area (Å²) in [4.78, 5) is 24.5. The molecule has 0 bridgehead atoms. The summed E-state index contributed by atoms with van der Waals surface area (Å²) in [5.74, 6) is -2.76. The largest absolute Gasteiger partial charge is 0.503 e. The maximum atomic E-state index is 13.2. The minimum atomic E-state index is -1.28. The van der Waals surface area contributed by atoms with E-state index >= 15 is 0 Å². The molecule has 6 heteroatoms. The quantitative estimate of drug-likeness (QED) is 0.664. The van der Waals surface area contributed by atoms with Gasteiger partial charge >= 0.3 is 0 Å². The van der Waals surface area contributed by atoms with Gasteiger partial charge in [-0.1, -0.05) is 0 Å². The van der Waals surface area contributed by atoms with Gasteiger partial charge in [0.15, 0.2) is 5.75 Å². The molecule has 15 heavy (non-hydrogen) atoms. The number of hydrogen-bond acceptors (Lipinski definition) is 3. The average Bonchev–Trinajstić information content (AvgIpc) is 2.13. The number of nitrogens with one attached hydrogen (secondary N) is 2. The Labute approximate surface area is 84.9 Å². The number of carbonyl (C=O) groups excluding carboxylic acids is 1. The lowest BCUT2D eigenvalue weighted by Crippen LogP contribution is -2.32. The van der Waals surface area contributed by atoms with Crippen LogP contribution in [-0.2, 0) is 0 Å². The Hall–Kier alpha value is -1.85. The van der Waals surface area contributed by atoms with Gasteiger partial charge in [-0.25, -0.2) is 0 Å². The highest BCUT2D eigenvalue weighted by molar-refractivity contribution is 5.92. The van der Waals surface area contributed by atoms with Crippen LogP contribution in [0.25, 0.3) is 0 Å². The van der Waals surface area contributed by atoms with Crippen LogP contribution >= 0.6 is 0 Å². The molecule has 1 heterocycles. The van der Waals surface area contributed by atoms with Gasteiger partial charge in [-0.2, -0.15) is 4.39 Å². The molecule has 0 unspecified atom stereocenters. The van der Waals surface area contributed by atoms with E-state index in [0.29, 0.717) is 0 Å². The molecule has 0 aliphatic carbocycles. The molecule has 0 fully saturated rings. The molecule has 82 valence electrons. The molecule has 0 spiro atoms. The summed E-state index contributed by atoms with van der Waals surface area (Å²) >= 11 is 0. The Morgan fingerprint density at radius 2 is 2.20 bits per heavy atom. The van der Waals surface area contributed by atoms with E-state index in [9.17, 15) is 14.0 Å². The number of pyridine rings is 1. The van der Waals surface area contributed by atoms with Crippen LogP contribution in [0.2, 0.25) is 0 Å². The first-order chi connectivity index (χ1) is 6.93. The average molecular weight is 214 g/mol. The van der Waals surface area contributed by atoms with E-state index in [-0.39, 0.29) is 6.04 Å². The minimum absolute atomic E-state index is 0.172. The molecule has 3 N–H and O–H groups in total. The number of carbonyl (C=O) groups is 1. The van der Waals surface area contributed by atoms with Crippen LogP contribution in [0.3, 0.4) is 0 Å². The van der Waals surface area contributed by atoms with Crippen molar-refractivity contribution in [3.05, 3.63) is 27.9 Å². The van der Waals surface area contributed by atoms with Crippen LogP contribution in [0, 0.1) is 5.82 Å². The summed E-state index contributed by atoms with van der Waals surface area (Å²) in [5, 5.41) is 11.3. The van der Waals surface area contributed by atoms with E-state index in [1.807, 2.05) is 0 Å². The molecule has 0 saturated heterocycles. The smallest absolute Gasteiger partial charge is 0.271 e. The van der Waals surface area contributed by atoms with Gasteiger partial charge in [0.2, 0.25) is 5.82 Å². The maximum Gasteiger partial charge on any atom is 0.271 e. The molecule has 0 aromatic carbocycles. The number of hydrogen-bond donors (Lipinski definition) is 3. The van der Waals surface area contributed by atoms with E-state index in [0.717, 1.165) is 6.20 Å². The zero-order valence-corrected chi connectivity index (χ0v) is 8.30. The number of aromatic nitrogens is 1. The molecule has 0 saturated carbocycles. The third kappa shape index (κ3) is 2.34. The molecular weight excluding hydrogens is 203 g/mol. The van der Waals surface area contributed by atoms with Crippen LogP contribution < -0.4 is 10.7 Å². The van der Waals surface area contributed by atoms with E-state index in [4.69, 9.17) is 5.11 Å². The van der Waals surface area contributed by atoms with Gasteiger partial charge in [0.05, 0.1) is 0 Å². The van der Waals surface area contributed by atoms with E-state index in [1.165, 1.54) is 0 Å². The zero-order chi connectivity index (χ0) is 11.6. The van der Waals surface area contributed by atoms with Gasteiger partial charge < -0.3 is 15.4 Å². The maximum absolute atomic E-state index is 13.2. The molecule has 0 aliphatic heterocycles. The van der Waals surface area contributed by atoms with Gasteiger partial charge in [0.1, 0.15) is 5.69 Å². The Kier molecular flexibility index (Phi) is 3.08. The topological polar surface area (TPSA) is 82.2 Å². The molecule has 1 aromatic heterocycles. The van der Waals surface area contributed by atoms with Crippen LogP contribution in [0.1, 0.15) is 24.3 Å². The third-order valence-electron chi connectivity index (χ3n) is 1.65. The van der Waals surface area contributed by atoms with Crippen molar-refractivity contribution in [3.8, 4) is 5.75 Å². The van der Waals surface area contributed by atoms with Crippen molar-refractivity contribution in [1.82, 2.24) is 10.3 Å². The lowest BCUT2D eigenvalue weighted by molar-refractivity contribution is 0.0933. The number of aromatic amines is 1. The first-order valence-corrected chi connectivity index (χ1v) is 4.34. The highest BCUT2D eigenvalue weighted by atomic mass is 19.1. The Morgan fingerprint density at radius 1 is 1.60 bits per heavy atom. The van der Waals surface area contributed by atoms with Crippen molar-refractivity contribution >= 4 is 5.91 Å². The summed E-state index contributed by atoms with van der Waals surface area (Å²) in [5.41, 5.74) is -1.67. The van der Waals surface area contributed by atoms with Gasteiger partial charge in [0, 0.05) is 12.2 Å². The summed E-state index contributed by atoms with van der Waals surface area (Å²) in [6.45, 7) is 3.41. The highest BCUT2D eigenvalue weighted by Gasteiger charge is 2.17. The molecule has 5 nitrogen and oxygen atoms in total. The van der Waals surface area contributed by atoms with Gasteiger partial charge in [0.25, 0.3) is 11.3 Å². The number of amides is 1. The van der Waals surface area contributed by atoms with Crippen molar-refractivity contribution in [2.24, 2.45) is 0 Å². The summed E-state index contributed by atoms with van der Waals surface area (Å²) in [6, 6.07) is -0.172. The second kappa shape index (κ2) is 4.12. The van der Waals surface area contributed by atoms with E-state index < -0.39 is 28.6 Å². The number of halogens is 1. The molecular formula is C9H11FN2O3. The Bertz CT molecular complexity index is 439. The van der Waals surface area contributed by atoms with Crippen LogP contribution in [0.5, 0.6) is 5.75 Å². The SMILES string of the molecule is CC(C)NC(=O)c1[nH]cc(O)c(=O)c1F. The second-order valence-corrected chi connectivity index (χ2v) is 3.32. The molecule has 0 radical (unpaired) electrons. The van der Waals surface area contributed by atoms with Crippen molar-refractivity contribution < 1.29 is 14.3 Å². The third-order valence-corrected chi connectivity index (χ3v) is 1.65. The predicted molar refractivity (Wildman–Crippen MR) is 51.3 cm³/mol. The molecule has 0 atom stereocenters. The lowest BCUT2D eigenvalue weighted by atomic mass is 10.3. The number of H-pyrrole nitrogens is 1. The zero-order valence-electron chi connectivity index (χ0n) is 8.30. The van der Waals surface area contributed by atoms with Crippen molar-refractivity contribution in [2.45, 2.75) is 19.9 Å². The fourth-order valence-corrected chi connectivity index (χ4v) is 0.995. The Balaban J connectivity index is 3.11. The second-order valence-electron chi connectivity index (χ2n) is 3.32. The Morgan fingerprint density at radius 3 is 2.73 bits per heavy atom. The van der Waals surface area contributed by atoms with Crippen molar-refractivity contribution in [3.63, 3.8) is 0 Å². The summed E-state index contributed by atoms with van der Waals surface area (Å²) in [6.07, 6.45) is 0.876. The van der Waals surface area contributed by atoms with Crippen molar-refractivity contribution in [2.75, 3.05) is 0 Å². The molecule has 1 amide bonds. The van der Waals surface area contributed by atoms with Gasteiger partial charge in [-0.05, 0) is 13.8 Å². The first kappa shape index (κ1) is 11.2. The fourth-order valence-electron chi connectivity index (χ4n) is 0.995. The minimum Gasteiger partial charge on any atom is -0.503 e. The van der Waals surface area contributed by atoms with E-state index in [2.05, 4.69) is 10.3 Å². The van der Waals surface area contributed by atoms with Crippen molar-refractivity contribution in [1.29, 1.82) is 0 Å². The number of aromatic hydroxyl groups is 1. The monoisotopic (exact) mass is 214 g/mol. The van der Waals surface area contributed by atoms with Gasteiger partial charge in [-0.3, -0.25) is 9.59 Å². The summed E-state index contributed by atoms with van der Waals surface area (Å²) < 4.78 is 13.2. The fraction of sp³-hybridized carbons (Fsp3) is 0.333. The van der Waals surface area contributed by atoms with Gasteiger partial charge in [-0.15, -0.1) is 0 Å². The van der Waals surface area contributed by atoms with Crippen LogP contribution in [0.4, 0.5) is 4.39 Å². The van der Waals surface area contributed by atoms with E-state index in [1.54, 1.807) is 13.8 Å². The molecule has 1 rings (SSSR count). The summed E-state index contributed by atoms with van der Waals surface area (Å²) in [7, 11) is 0. The van der Waals surface area contributed by atoms with Crippen LogP contribution in [-0.4, -0.2) is 22.0 Å². The standard InChI is InChI=1S/C9H11FN2O3/c1-4(2)12-9(15)7-6(10)8(14)5(13)3-11-7/h3-4,13H,1-2H3,(H,11,14)(H,12,15). The normalized spacial score (nSPS) is 10.4. The molecule has 0 aliphatic rings. The first-order valence-electron chi connectivity index (χ1n) is 4.34. The molecule has 1 aromatic rings. The highest BCUT2D eigenvalue weighted by Crippen LogP contribution is 2.04. The predicted octanol–water partition coefficient (Wildman–Crippen LogP) is 0.358. The lowest BCUT2D eigenvalue weighted by Gasteiger charge is -2.08. The number of rotatable bonds is 2. The van der Waals surface area contributed by atoms with Crippen LogP contribution in [0.15, 0.2) is 11.0 Å².